The van der Waals surface area contributed by atoms with E-state index in [1.165, 1.54) is 36.4 Å². The third kappa shape index (κ3) is 3.91. The first kappa shape index (κ1) is 21.1. The Balaban J connectivity index is 1.67. The van der Waals surface area contributed by atoms with E-state index in [1.807, 2.05) is 0 Å². The van der Waals surface area contributed by atoms with Crippen LogP contribution in [0.4, 0.5) is 15.8 Å². The Kier molecular flexibility index (Phi) is 5.37. The second-order valence-corrected chi connectivity index (χ2v) is 7.28. The molecule has 0 unspecified atom stereocenters. The normalized spacial score (nSPS) is 15.2. The molecule has 0 aliphatic carbocycles. The molecule has 1 aromatic heterocycles. The molecule has 160 valence electrons. The zero-order chi connectivity index (χ0) is 23.0. The number of nitro groups is 1. The van der Waals surface area contributed by atoms with Crippen molar-refractivity contribution in [1.82, 2.24) is 5.32 Å². The largest absolute Gasteiger partial charge is 0.457 e. The number of nitrogens with one attached hydrogen (secondary N) is 1. The maximum atomic E-state index is 13.6. The fourth-order valence-electron chi connectivity index (χ4n) is 3.26. The Morgan fingerprint density at radius 3 is 2.62 bits per heavy atom. The van der Waals surface area contributed by atoms with Crippen LogP contribution in [-0.2, 0) is 9.59 Å². The Hall–Kier alpha value is -4.18. The Bertz CT molecular complexity index is 1330. The predicted octanol–water partition coefficient (Wildman–Crippen LogP) is 4.13. The van der Waals surface area contributed by atoms with Gasteiger partial charge in [0, 0.05) is 17.7 Å². The number of anilines is 1. The van der Waals surface area contributed by atoms with E-state index in [2.05, 4.69) is 5.32 Å². The van der Waals surface area contributed by atoms with Crippen LogP contribution in [0.2, 0.25) is 0 Å². The summed E-state index contributed by atoms with van der Waals surface area (Å²) in [6.45, 7) is 1.71. The molecule has 0 radical (unpaired) electrons. The van der Waals surface area contributed by atoms with Gasteiger partial charge in [0.15, 0.2) is 5.11 Å². The number of hydrogen-bond acceptors (Lipinski definition) is 6. The van der Waals surface area contributed by atoms with Gasteiger partial charge in [0.25, 0.3) is 17.5 Å². The van der Waals surface area contributed by atoms with E-state index in [4.69, 9.17) is 16.6 Å². The maximum Gasteiger partial charge on any atom is 0.270 e. The predicted molar refractivity (Wildman–Crippen MR) is 118 cm³/mol. The number of thiocarbonyl (C=S) groups is 1. The van der Waals surface area contributed by atoms with Gasteiger partial charge >= 0.3 is 0 Å². The molecule has 1 aliphatic heterocycles. The standard InChI is InChI=1S/C22H14FN3O5S/c1-12-9-15(26(29)30)5-7-17(12)19-8-6-16(31-19)11-18-20(27)24-22(32)25(21(18)28)14-4-2-3-13(23)10-14/h2-11H,1H3,(H,24,27,32)/b18-11-. The number of carbonyl (C=O) groups is 2. The fraction of sp³-hybridized carbons (Fsp3) is 0.0455. The summed E-state index contributed by atoms with van der Waals surface area (Å²) in [6.07, 6.45) is 1.26. The Labute approximate surface area is 186 Å². The molecular weight excluding hydrogens is 437 g/mol. The minimum atomic E-state index is -0.728. The first-order valence-corrected chi connectivity index (χ1v) is 9.67. The van der Waals surface area contributed by atoms with Crippen LogP contribution in [0.15, 0.2) is 64.6 Å². The van der Waals surface area contributed by atoms with E-state index >= 15 is 0 Å². The van der Waals surface area contributed by atoms with Crippen molar-refractivity contribution in [3.63, 3.8) is 0 Å². The van der Waals surface area contributed by atoms with Crippen LogP contribution in [0.1, 0.15) is 11.3 Å². The van der Waals surface area contributed by atoms with Crippen LogP contribution in [0, 0.1) is 22.9 Å². The van der Waals surface area contributed by atoms with Crippen molar-refractivity contribution in [2.24, 2.45) is 0 Å². The van der Waals surface area contributed by atoms with E-state index in [0.29, 0.717) is 16.9 Å². The summed E-state index contributed by atoms with van der Waals surface area (Å²) in [5.74, 6) is -1.38. The molecular formula is C22H14FN3O5S. The number of furan rings is 1. The third-order valence-electron chi connectivity index (χ3n) is 4.77. The zero-order valence-electron chi connectivity index (χ0n) is 16.5. The molecule has 32 heavy (non-hydrogen) atoms. The molecule has 1 fully saturated rings. The van der Waals surface area contributed by atoms with Crippen molar-refractivity contribution in [2.75, 3.05) is 4.90 Å². The molecule has 0 bridgehead atoms. The summed E-state index contributed by atoms with van der Waals surface area (Å²) >= 11 is 5.09. The molecule has 2 amide bonds. The highest BCUT2D eigenvalue weighted by Crippen LogP contribution is 2.30. The van der Waals surface area contributed by atoms with Crippen molar-refractivity contribution in [3.05, 3.63) is 87.4 Å². The lowest BCUT2D eigenvalue weighted by molar-refractivity contribution is -0.384. The van der Waals surface area contributed by atoms with Gasteiger partial charge in [-0.1, -0.05) is 6.07 Å². The van der Waals surface area contributed by atoms with Gasteiger partial charge in [0.2, 0.25) is 0 Å². The van der Waals surface area contributed by atoms with Gasteiger partial charge in [-0.15, -0.1) is 0 Å². The van der Waals surface area contributed by atoms with Gasteiger partial charge in [-0.2, -0.15) is 0 Å². The highest BCUT2D eigenvalue weighted by molar-refractivity contribution is 7.80. The number of amides is 2. The van der Waals surface area contributed by atoms with Crippen LogP contribution in [-0.4, -0.2) is 21.9 Å². The van der Waals surface area contributed by atoms with Gasteiger partial charge in [-0.3, -0.25) is 29.9 Å². The molecule has 4 rings (SSSR count). The average Bonchev–Trinajstić information content (AvgIpc) is 3.19. The van der Waals surface area contributed by atoms with Gasteiger partial charge < -0.3 is 4.42 Å². The molecule has 2 aromatic carbocycles. The Morgan fingerprint density at radius 2 is 1.94 bits per heavy atom. The molecule has 2 heterocycles. The van der Waals surface area contributed by atoms with Gasteiger partial charge in [0.05, 0.1) is 10.6 Å². The second kappa shape index (κ2) is 8.16. The summed E-state index contributed by atoms with van der Waals surface area (Å²) in [5.41, 5.74) is 1.14. The van der Waals surface area contributed by atoms with Crippen LogP contribution in [0.3, 0.4) is 0 Å². The average molecular weight is 451 g/mol. The number of rotatable bonds is 4. The number of hydrogen-bond donors (Lipinski definition) is 1. The topological polar surface area (TPSA) is 106 Å². The van der Waals surface area contributed by atoms with Crippen molar-refractivity contribution in [1.29, 1.82) is 0 Å². The van der Waals surface area contributed by atoms with Crippen molar-refractivity contribution < 1.29 is 23.3 Å². The van der Waals surface area contributed by atoms with Gasteiger partial charge in [-0.05, 0) is 67.2 Å². The number of aryl methyl sites for hydroxylation is 1. The number of benzene rings is 2. The lowest BCUT2D eigenvalue weighted by Gasteiger charge is -2.28. The minimum Gasteiger partial charge on any atom is -0.457 e. The lowest BCUT2D eigenvalue weighted by Crippen LogP contribution is -2.54. The highest BCUT2D eigenvalue weighted by atomic mass is 32.1. The van der Waals surface area contributed by atoms with E-state index in [-0.39, 0.29) is 27.8 Å². The zero-order valence-corrected chi connectivity index (χ0v) is 17.3. The van der Waals surface area contributed by atoms with Gasteiger partial charge in [0.1, 0.15) is 22.9 Å². The van der Waals surface area contributed by atoms with Crippen molar-refractivity contribution in [3.8, 4) is 11.3 Å². The monoisotopic (exact) mass is 451 g/mol. The van der Waals surface area contributed by atoms with Crippen LogP contribution >= 0.6 is 12.2 Å². The number of carbonyl (C=O) groups excluding carboxylic acids is 2. The lowest BCUT2D eigenvalue weighted by atomic mass is 10.1. The van der Waals surface area contributed by atoms with Crippen molar-refractivity contribution >= 4 is 46.6 Å². The minimum absolute atomic E-state index is 0.0435. The maximum absolute atomic E-state index is 13.6. The molecule has 1 aliphatic rings. The number of non-ortho nitro benzene ring substituents is 1. The number of nitrogens with zero attached hydrogens (tertiary/aromatic N) is 2. The van der Waals surface area contributed by atoms with Crippen LogP contribution in [0.25, 0.3) is 17.4 Å². The Morgan fingerprint density at radius 1 is 1.16 bits per heavy atom. The summed E-state index contributed by atoms with van der Waals surface area (Å²) < 4.78 is 19.4. The molecule has 3 aromatic rings. The van der Waals surface area contributed by atoms with Crippen LogP contribution in [0.5, 0.6) is 0 Å². The summed E-state index contributed by atoms with van der Waals surface area (Å²) in [6, 6.07) is 12.8. The fourth-order valence-corrected chi connectivity index (χ4v) is 3.54. The number of nitro benzene ring substituents is 1. The first-order chi connectivity index (χ1) is 15.2. The second-order valence-electron chi connectivity index (χ2n) is 6.90. The van der Waals surface area contributed by atoms with Crippen LogP contribution < -0.4 is 10.2 Å². The highest BCUT2D eigenvalue weighted by Gasteiger charge is 2.35. The molecule has 0 atom stereocenters. The summed E-state index contributed by atoms with van der Waals surface area (Å²) in [7, 11) is 0. The van der Waals surface area contributed by atoms with E-state index in [0.717, 1.165) is 11.0 Å². The first-order valence-electron chi connectivity index (χ1n) is 9.27. The van der Waals surface area contributed by atoms with Gasteiger partial charge in [-0.25, -0.2) is 4.39 Å². The SMILES string of the molecule is Cc1cc([N+](=O)[O-])ccc1-c1ccc(/C=C2/C(=O)NC(=S)N(c3cccc(F)c3)C2=O)o1. The van der Waals surface area contributed by atoms with Crippen molar-refractivity contribution in [2.45, 2.75) is 6.92 Å². The number of halogens is 1. The molecule has 8 nitrogen and oxygen atoms in total. The smallest absolute Gasteiger partial charge is 0.270 e. The molecule has 1 saturated heterocycles. The van der Waals surface area contributed by atoms with E-state index < -0.39 is 22.6 Å². The molecule has 0 saturated carbocycles. The van der Waals surface area contributed by atoms with E-state index in [1.54, 1.807) is 25.1 Å². The summed E-state index contributed by atoms with van der Waals surface area (Å²) in [5, 5.41) is 13.2. The molecule has 0 spiro atoms. The third-order valence-corrected chi connectivity index (χ3v) is 5.05. The molecule has 1 N–H and O–H groups in total. The quantitative estimate of drug-likeness (QED) is 0.210. The molecule has 10 heteroatoms. The summed E-state index contributed by atoms with van der Waals surface area (Å²) in [4.78, 5) is 36.8. The van der Waals surface area contributed by atoms with E-state index in [9.17, 15) is 24.1 Å².